The summed E-state index contributed by atoms with van der Waals surface area (Å²) in [6.07, 6.45) is -3.98. The standard InChI is InChI=1S/C8H8O9.2H3N/c9-5(10)1-2(6(11)12)4(8(15)16)17-3(1)7(13)14;;/h1-4H,(H,9,10)(H,11,12)(H,13,14)(H,15,16);2*1H3. The van der Waals surface area contributed by atoms with Crippen molar-refractivity contribution >= 4 is 23.9 Å². The van der Waals surface area contributed by atoms with Gasteiger partial charge in [0.15, 0.2) is 12.2 Å². The Morgan fingerprint density at radius 2 is 0.895 bits per heavy atom. The molecule has 11 heteroatoms. The minimum absolute atomic E-state index is 0. The number of hydrogen-bond donors (Lipinski definition) is 6. The second-order valence-electron chi connectivity index (χ2n) is 3.38. The minimum atomic E-state index is -1.99. The van der Waals surface area contributed by atoms with E-state index in [-0.39, 0.29) is 12.3 Å². The van der Waals surface area contributed by atoms with Gasteiger partial charge in [-0.1, -0.05) is 0 Å². The van der Waals surface area contributed by atoms with Crippen molar-refractivity contribution in [3.63, 3.8) is 0 Å². The summed E-state index contributed by atoms with van der Waals surface area (Å²) in [5, 5.41) is 34.8. The van der Waals surface area contributed by atoms with Gasteiger partial charge in [-0.15, -0.1) is 0 Å². The van der Waals surface area contributed by atoms with Crippen LogP contribution in [0.4, 0.5) is 0 Å². The number of ether oxygens (including phenoxy) is 1. The second kappa shape index (κ2) is 6.63. The second-order valence-corrected chi connectivity index (χ2v) is 3.38. The van der Waals surface area contributed by atoms with Crippen LogP contribution in [0.1, 0.15) is 0 Å². The fourth-order valence-corrected chi connectivity index (χ4v) is 1.69. The highest BCUT2D eigenvalue weighted by atomic mass is 16.6. The Labute approximate surface area is 105 Å². The molecule has 0 saturated carbocycles. The van der Waals surface area contributed by atoms with Gasteiger partial charge in [0, 0.05) is 0 Å². The van der Waals surface area contributed by atoms with E-state index >= 15 is 0 Å². The number of carbonyl (C=O) groups is 4. The number of rotatable bonds is 4. The maximum atomic E-state index is 10.8. The molecule has 1 fully saturated rings. The van der Waals surface area contributed by atoms with Crippen LogP contribution in [0.15, 0.2) is 0 Å². The molecule has 1 saturated heterocycles. The summed E-state index contributed by atoms with van der Waals surface area (Å²) >= 11 is 0. The highest BCUT2D eigenvalue weighted by molar-refractivity contribution is 5.92. The van der Waals surface area contributed by atoms with E-state index in [2.05, 4.69) is 4.74 Å². The van der Waals surface area contributed by atoms with Crippen LogP contribution in [0, 0.1) is 11.8 Å². The monoisotopic (exact) mass is 282 g/mol. The van der Waals surface area contributed by atoms with E-state index in [1.165, 1.54) is 0 Å². The number of hydrogen-bond acceptors (Lipinski definition) is 7. The molecule has 0 spiro atoms. The van der Waals surface area contributed by atoms with Crippen molar-refractivity contribution in [1.82, 2.24) is 12.3 Å². The first-order chi connectivity index (χ1) is 7.77. The van der Waals surface area contributed by atoms with Crippen molar-refractivity contribution in [2.45, 2.75) is 12.2 Å². The molecule has 4 unspecified atom stereocenters. The Bertz CT molecular complexity index is 360. The van der Waals surface area contributed by atoms with E-state index in [1.807, 2.05) is 0 Å². The lowest BCUT2D eigenvalue weighted by molar-refractivity contribution is -0.163. The van der Waals surface area contributed by atoms with Crippen LogP contribution in [0.3, 0.4) is 0 Å². The smallest absolute Gasteiger partial charge is 0.333 e. The van der Waals surface area contributed by atoms with Crippen molar-refractivity contribution in [2.24, 2.45) is 11.8 Å². The fourth-order valence-electron chi connectivity index (χ4n) is 1.69. The van der Waals surface area contributed by atoms with Crippen molar-refractivity contribution < 1.29 is 44.3 Å². The zero-order chi connectivity index (χ0) is 13.3. The van der Waals surface area contributed by atoms with Gasteiger partial charge >= 0.3 is 23.9 Å². The third kappa shape index (κ3) is 3.37. The molecule has 0 bridgehead atoms. The summed E-state index contributed by atoms with van der Waals surface area (Å²) in [6.45, 7) is 0. The van der Waals surface area contributed by atoms with Crippen molar-refractivity contribution in [3.05, 3.63) is 0 Å². The Kier molecular flexibility index (Phi) is 6.67. The van der Waals surface area contributed by atoms with Crippen LogP contribution in [0.5, 0.6) is 0 Å². The highest BCUT2D eigenvalue weighted by Crippen LogP contribution is 2.33. The first kappa shape index (κ1) is 19.1. The van der Waals surface area contributed by atoms with Gasteiger partial charge < -0.3 is 37.5 Å². The molecule has 1 aliphatic heterocycles. The highest BCUT2D eigenvalue weighted by Gasteiger charge is 2.57. The van der Waals surface area contributed by atoms with Crippen LogP contribution >= 0.6 is 0 Å². The molecule has 0 aromatic carbocycles. The molecule has 1 aliphatic rings. The minimum Gasteiger partial charge on any atom is -0.481 e. The van der Waals surface area contributed by atoms with E-state index in [9.17, 15) is 19.2 Å². The molecule has 110 valence electrons. The lowest BCUT2D eigenvalue weighted by atomic mass is 9.87. The molecule has 0 amide bonds. The fraction of sp³-hybridized carbons (Fsp3) is 0.500. The Morgan fingerprint density at radius 1 is 0.632 bits per heavy atom. The maximum absolute atomic E-state index is 10.8. The van der Waals surface area contributed by atoms with Crippen molar-refractivity contribution in [2.75, 3.05) is 0 Å². The lowest BCUT2D eigenvalue weighted by Crippen LogP contribution is -2.39. The number of carboxylic acids is 4. The first-order valence-electron chi connectivity index (χ1n) is 4.34. The lowest BCUT2D eigenvalue weighted by Gasteiger charge is -2.13. The van der Waals surface area contributed by atoms with E-state index in [0.717, 1.165) is 0 Å². The Balaban J connectivity index is 0. The average Bonchev–Trinajstić information content (AvgIpc) is 2.56. The van der Waals surface area contributed by atoms with Gasteiger partial charge in [0.25, 0.3) is 0 Å². The van der Waals surface area contributed by atoms with Crippen LogP contribution < -0.4 is 12.3 Å². The van der Waals surface area contributed by atoms with E-state index in [4.69, 9.17) is 20.4 Å². The summed E-state index contributed by atoms with van der Waals surface area (Å²) in [4.78, 5) is 43.0. The molecule has 0 radical (unpaired) electrons. The predicted octanol–water partition coefficient (Wildman–Crippen LogP) is -1.35. The van der Waals surface area contributed by atoms with Gasteiger partial charge in [0.05, 0.1) is 0 Å². The molecular weight excluding hydrogens is 268 g/mol. The van der Waals surface area contributed by atoms with E-state index in [1.54, 1.807) is 0 Å². The Hall–Kier alpha value is -2.24. The molecule has 10 N–H and O–H groups in total. The zero-order valence-corrected chi connectivity index (χ0v) is 9.55. The van der Waals surface area contributed by atoms with Crippen LogP contribution in [0.2, 0.25) is 0 Å². The average molecular weight is 282 g/mol. The van der Waals surface area contributed by atoms with Crippen LogP contribution in [-0.4, -0.2) is 56.5 Å². The Morgan fingerprint density at radius 3 is 1.05 bits per heavy atom. The van der Waals surface area contributed by atoms with Gasteiger partial charge in [0.1, 0.15) is 11.8 Å². The largest absolute Gasteiger partial charge is 0.481 e. The van der Waals surface area contributed by atoms with E-state index in [0.29, 0.717) is 0 Å². The maximum Gasteiger partial charge on any atom is 0.333 e. The first-order valence-corrected chi connectivity index (χ1v) is 4.34. The summed E-state index contributed by atoms with van der Waals surface area (Å²) in [7, 11) is 0. The molecular formula is C8H14N2O9. The molecule has 0 aliphatic carbocycles. The topological polar surface area (TPSA) is 228 Å². The number of carboxylic acid groups (broad SMARTS) is 4. The summed E-state index contributed by atoms with van der Waals surface area (Å²) < 4.78 is 4.47. The third-order valence-electron chi connectivity index (χ3n) is 2.39. The normalized spacial score (nSPS) is 28.6. The molecule has 1 rings (SSSR count). The van der Waals surface area contributed by atoms with Gasteiger partial charge in [0.2, 0.25) is 0 Å². The predicted molar refractivity (Wildman–Crippen MR) is 56.2 cm³/mol. The molecule has 1 heterocycles. The summed E-state index contributed by atoms with van der Waals surface area (Å²) in [5.74, 6) is -10.8. The summed E-state index contributed by atoms with van der Waals surface area (Å²) in [5.41, 5.74) is 0. The molecule has 11 nitrogen and oxygen atoms in total. The van der Waals surface area contributed by atoms with Crippen molar-refractivity contribution in [1.29, 1.82) is 0 Å². The summed E-state index contributed by atoms with van der Waals surface area (Å²) in [6, 6.07) is 0. The van der Waals surface area contributed by atoms with Crippen LogP contribution in [0.25, 0.3) is 0 Å². The molecule has 0 aromatic rings. The van der Waals surface area contributed by atoms with Crippen LogP contribution in [-0.2, 0) is 23.9 Å². The van der Waals surface area contributed by atoms with Gasteiger partial charge in [-0.25, -0.2) is 9.59 Å². The van der Waals surface area contributed by atoms with E-state index < -0.39 is 47.9 Å². The molecule has 4 atom stereocenters. The van der Waals surface area contributed by atoms with Crippen molar-refractivity contribution in [3.8, 4) is 0 Å². The molecule has 0 aromatic heterocycles. The number of aliphatic carboxylic acids is 4. The van der Waals surface area contributed by atoms with Gasteiger partial charge in [-0.05, 0) is 0 Å². The third-order valence-corrected chi connectivity index (χ3v) is 2.39. The quantitative estimate of drug-likeness (QED) is 0.352. The zero-order valence-electron chi connectivity index (χ0n) is 9.55. The SMILES string of the molecule is N.N.O=C(O)C1OC(C(=O)O)C(C(=O)O)C1C(=O)O. The van der Waals surface area contributed by atoms with Gasteiger partial charge in [-0.3, -0.25) is 9.59 Å². The van der Waals surface area contributed by atoms with Gasteiger partial charge in [-0.2, -0.15) is 0 Å². The molecule has 19 heavy (non-hydrogen) atoms.